The summed E-state index contributed by atoms with van der Waals surface area (Å²) in [5.74, 6) is 0.482. The van der Waals surface area contributed by atoms with Gasteiger partial charge in [0.05, 0.1) is 6.07 Å². The van der Waals surface area contributed by atoms with Gasteiger partial charge in [-0.3, -0.25) is 4.79 Å². The van der Waals surface area contributed by atoms with Gasteiger partial charge in [0.15, 0.2) is 5.41 Å². The third kappa shape index (κ3) is 3.15. The lowest BCUT2D eigenvalue weighted by Gasteiger charge is -2.22. The van der Waals surface area contributed by atoms with Gasteiger partial charge in [-0.05, 0) is 38.5 Å². The van der Waals surface area contributed by atoms with Crippen molar-refractivity contribution in [1.29, 1.82) is 5.26 Å². The molecule has 0 bridgehead atoms. The standard InChI is InChI=1S/C18H23NO2S/c1-5-11-22-15-14(13-9-7-6-8-10-13)18(15,12-19)16(20)21-17(2,3)4/h6-10,14-15H,5,11H2,1-4H3/t14-,15-,18-/m0/s1. The van der Waals surface area contributed by atoms with E-state index in [1.54, 1.807) is 11.8 Å². The minimum absolute atomic E-state index is 0.0188. The molecule has 0 amide bonds. The second-order valence-electron chi connectivity index (χ2n) is 6.66. The number of carbonyl (C=O) groups excluding carboxylic acids is 1. The van der Waals surface area contributed by atoms with Crippen LogP contribution in [0.25, 0.3) is 0 Å². The number of ether oxygens (including phenoxy) is 1. The first-order valence-corrected chi connectivity index (χ1v) is 8.73. The smallest absolute Gasteiger partial charge is 0.328 e. The highest BCUT2D eigenvalue weighted by atomic mass is 32.2. The zero-order chi connectivity index (χ0) is 16.4. The molecule has 0 aromatic heterocycles. The second-order valence-corrected chi connectivity index (χ2v) is 7.91. The summed E-state index contributed by atoms with van der Waals surface area (Å²) in [5.41, 5.74) is -0.581. The van der Waals surface area contributed by atoms with Crippen LogP contribution >= 0.6 is 11.8 Å². The first kappa shape index (κ1) is 16.9. The van der Waals surface area contributed by atoms with Crippen LogP contribution in [0.15, 0.2) is 30.3 Å². The van der Waals surface area contributed by atoms with Gasteiger partial charge in [0.25, 0.3) is 0 Å². The Labute approximate surface area is 137 Å². The zero-order valence-corrected chi connectivity index (χ0v) is 14.4. The monoisotopic (exact) mass is 317 g/mol. The molecule has 0 saturated heterocycles. The maximum atomic E-state index is 12.7. The molecule has 1 aliphatic rings. The van der Waals surface area contributed by atoms with Gasteiger partial charge in [-0.25, -0.2) is 0 Å². The van der Waals surface area contributed by atoms with Crippen molar-refractivity contribution in [2.45, 2.75) is 50.9 Å². The molecule has 1 aliphatic carbocycles. The first-order valence-electron chi connectivity index (χ1n) is 7.68. The molecule has 0 unspecified atom stereocenters. The molecule has 0 aliphatic heterocycles. The van der Waals surface area contributed by atoms with Crippen LogP contribution in [0, 0.1) is 16.7 Å². The van der Waals surface area contributed by atoms with Crippen molar-refractivity contribution < 1.29 is 9.53 Å². The lowest BCUT2D eigenvalue weighted by molar-refractivity contribution is -0.159. The van der Waals surface area contributed by atoms with Gasteiger partial charge in [-0.2, -0.15) is 17.0 Å². The van der Waals surface area contributed by atoms with Crippen molar-refractivity contribution in [2.24, 2.45) is 5.41 Å². The largest absolute Gasteiger partial charge is 0.459 e. The summed E-state index contributed by atoms with van der Waals surface area (Å²) in [5, 5.41) is 9.74. The van der Waals surface area contributed by atoms with Crippen LogP contribution in [0.4, 0.5) is 0 Å². The van der Waals surface area contributed by atoms with Gasteiger partial charge >= 0.3 is 5.97 Å². The highest BCUT2D eigenvalue weighted by Gasteiger charge is 2.72. The summed E-state index contributed by atoms with van der Waals surface area (Å²) >= 11 is 1.71. The lowest BCUT2D eigenvalue weighted by Crippen LogP contribution is -2.31. The molecule has 0 N–H and O–H groups in total. The van der Waals surface area contributed by atoms with Gasteiger partial charge < -0.3 is 4.74 Å². The van der Waals surface area contributed by atoms with Gasteiger partial charge in [0.2, 0.25) is 0 Å². The molecule has 22 heavy (non-hydrogen) atoms. The summed E-state index contributed by atoms with van der Waals surface area (Å²) in [6.07, 6.45) is 1.03. The minimum Gasteiger partial charge on any atom is -0.459 e. The molecular formula is C18H23NO2S. The van der Waals surface area contributed by atoms with Gasteiger partial charge in [0, 0.05) is 11.2 Å². The Hall–Kier alpha value is -1.47. The molecular weight excluding hydrogens is 294 g/mol. The molecule has 1 aromatic carbocycles. The molecule has 1 fully saturated rings. The van der Waals surface area contributed by atoms with Crippen LogP contribution in [0.3, 0.4) is 0 Å². The van der Waals surface area contributed by atoms with Crippen LogP contribution in [0.1, 0.15) is 45.6 Å². The topological polar surface area (TPSA) is 50.1 Å². The number of benzene rings is 1. The van der Waals surface area contributed by atoms with Crippen molar-refractivity contribution in [3.8, 4) is 6.07 Å². The number of nitrogens with zero attached hydrogens (tertiary/aromatic N) is 1. The predicted octanol–water partition coefficient (Wildman–Crippen LogP) is 4.15. The van der Waals surface area contributed by atoms with Crippen LogP contribution in [-0.2, 0) is 9.53 Å². The number of thioether (sulfide) groups is 1. The van der Waals surface area contributed by atoms with E-state index in [1.165, 1.54) is 0 Å². The van der Waals surface area contributed by atoms with E-state index >= 15 is 0 Å². The summed E-state index contributed by atoms with van der Waals surface area (Å²) in [4.78, 5) is 12.7. The highest BCUT2D eigenvalue weighted by Crippen LogP contribution is 2.65. The normalized spacial score (nSPS) is 27.0. The Kier molecular flexibility index (Phi) is 4.87. The van der Waals surface area contributed by atoms with Gasteiger partial charge in [0.1, 0.15) is 5.60 Å². The van der Waals surface area contributed by atoms with E-state index in [-0.39, 0.29) is 17.1 Å². The average molecular weight is 317 g/mol. The van der Waals surface area contributed by atoms with E-state index in [4.69, 9.17) is 4.74 Å². The molecule has 1 aromatic rings. The quantitative estimate of drug-likeness (QED) is 0.766. The Morgan fingerprint density at radius 3 is 2.50 bits per heavy atom. The molecule has 0 heterocycles. The van der Waals surface area contributed by atoms with Crippen molar-refractivity contribution in [3.05, 3.63) is 35.9 Å². The molecule has 4 heteroatoms. The maximum absolute atomic E-state index is 12.7. The summed E-state index contributed by atoms with van der Waals surface area (Å²) < 4.78 is 5.54. The molecule has 0 spiro atoms. The fraction of sp³-hybridized carbons (Fsp3) is 0.556. The van der Waals surface area contributed by atoms with Crippen LogP contribution in [0.2, 0.25) is 0 Å². The predicted molar refractivity (Wildman–Crippen MR) is 89.6 cm³/mol. The van der Waals surface area contributed by atoms with E-state index in [0.29, 0.717) is 0 Å². The van der Waals surface area contributed by atoms with Crippen LogP contribution in [0.5, 0.6) is 0 Å². The summed E-state index contributed by atoms with van der Waals surface area (Å²) in [6.45, 7) is 7.62. The molecule has 3 nitrogen and oxygen atoms in total. The lowest BCUT2D eigenvalue weighted by atomic mass is 10.0. The van der Waals surface area contributed by atoms with Gasteiger partial charge in [-0.1, -0.05) is 37.3 Å². The third-order valence-corrected chi connectivity index (χ3v) is 5.36. The maximum Gasteiger partial charge on any atom is 0.328 e. The van der Waals surface area contributed by atoms with E-state index in [1.807, 2.05) is 51.1 Å². The van der Waals surface area contributed by atoms with Gasteiger partial charge in [-0.15, -0.1) is 0 Å². The SMILES string of the molecule is CCCS[C@H]1[C@H](c2ccccc2)[C@]1(C#N)C(=O)OC(C)(C)C. The second kappa shape index (κ2) is 6.34. The van der Waals surface area contributed by atoms with E-state index in [2.05, 4.69) is 13.0 Å². The fourth-order valence-corrected chi connectivity index (χ4v) is 4.24. The molecule has 2 rings (SSSR count). The Balaban J connectivity index is 2.31. The van der Waals surface area contributed by atoms with Crippen molar-refractivity contribution in [3.63, 3.8) is 0 Å². The minimum atomic E-state index is -1.05. The molecule has 118 valence electrons. The van der Waals surface area contributed by atoms with E-state index in [9.17, 15) is 10.1 Å². The number of nitriles is 1. The third-order valence-electron chi connectivity index (χ3n) is 3.71. The summed E-state index contributed by atoms with van der Waals surface area (Å²) in [6, 6.07) is 12.1. The number of esters is 1. The Morgan fingerprint density at radius 1 is 1.36 bits per heavy atom. The fourth-order valence-electron chi connectivity index (χ4n) is 2.71. The van der Waals surface area contributed by atoms with E-state index < -0.39 is 11.0 Å². The molecule has 3 atom stereocenters. The number of hydrogen-bond donors (Lipinski definition) is 0. The van der Waals surface area contributed by atoms with Crippen LogP contribution in [-0.4, -0.2) is 22.6 Å². The highest BCUT2D eigenvalue weighted by molar-refractivity contribution is 8.00. The first-order chi connectivity index (χ1) is 10.4. The molecule has 1 saturated carbocycles. The Bertz CT molecular complexity index is 573. The van der Waals surface area contributed by atoms with Crippen LogP contribution < -0.4 is 0 Å². The number of rotatable bonds is 5. The zero-order valence-electron chi connectivity index (χ0n) is 13.6. The number of hydrogen-bond acceptors (Lipinski definition) is 4. The number of carbonyl (C=O) groups is 1. The van der Waals surface area contributed by atoms with Crippen molar-refractivity contribution >= 4 is 17.7 Å². The summed E-state index contributed by atoms with van der Waals surface area (Å²) in [7, 11) is 0. The Morgan fingerprint density at radius 2 is 2.00 bits per heavy atom. The van der Waals surface area contributed by atoms with Crippen molar-refractivity contribution in [2.75, 3.05) is 5.75 Å². The molecule has 0 radical (unpaired) electrons. The van der Waals surface area contributed by atoms with E-state index in [0.717, 1.165) is 17.7 Å². The van der Waals surface area contributed by atoms with Crippen molar-refractivity contribution in [1.82, 2.24) is 0 Å². The average Bonchev–Trinajstić information content (AvgIpc) is 3.13.